The quantitative estimate of drug-likeness (QED) is 0.598. The second-order valence-electron chi connectivity index (χ2n) is 7.42. The Bertz CT molecular complexity index is 1390. The van der Waals surface area contributed by atoms with Gasteiger partial charge in [-0.05, 0) is 51.5 Å². The molecule has 1 aliphatic rings. The highest BCUT2D eigenvalue weighted by Gasteiger charge is 2.33. The van der Waals surface area contributed by atoms with E-state index in [1.807, 2.05) is 30.8 Å². The number of carbonyl (C=O) groups is 1. The van der Waals surface area contributed by atoms with Crippen LogP contribution in [0.5, 0.6) is 5.75 Å². The topological polar surface area (TPSA) is 98.7 Å². The molecule has 1 aromatic carbocycles. The van der Waals surface area contributed by atoms with Gasteiger partial charge >= 0.3 is 5.97 Å². The van der Waals surface area contributed by atoms with E-state index in [1.165, 1.54) is 28.0 Å². The number of allylic oxidation sites excluding steroid dienone is 1. The minimum atomic E-state index is -0.701. The molecule has 32 heavy (non-hydrogen) atoms. The van der Waals surface area contributed by atoms with Crippen molar-refractivity contribution in [1.82, 2.24) is 14.3 Å². The first kappa shape index (κ1) is 21.8. The third kappa shape index (κ3) is 3.80. The Morgan fingerprint density at radius 2 is 1.97 bits per heavy atom. The first-order valence-corrected chi connectivity index (χ1v) is 11.2. The maximum Gasteiger partial charge on any atom is 0.338 e. The van der Waals surface area contributed by atoms with Gasteiger partial charge in [0.15, 0.2) is 4.80 Å². The molecular weight excluding hydrogens is 428 g/mol. The van der Waals surface area contributed by atoms with Crippen LogP contribution in [-0.4, -0.2) is 32.0 Å². The molecule has 4 rings (SSSR count). The number of phenols is 1. The van der Waals surface area contributed by atoms with E-state index in [-0.39, 0.29) is 17.9 Å². The number of fused-ring (bicyclic) bond motifs is 1. The molecule has 3 heterocycles. The van der Waals surface area contributed by atoms with E-state index >= 15 is 0 Å². The fraction of sp³-hybridized carbons (Fsp3) is 0.304. The van der Waals surface area contributed by atoms with Gasteiger partial charge in [-0.3, -0.25) is 14.0 Å². The molecule has 2 aromatic heterocycles. The highest BCUT2D eigenvalue weighted by molar-refractivity contribution is 7.07. The lowest BCUT2D eigenvalue weighted by Crippen LogP contribution is -2.39. The van der Waals surface area contributed by atoms with Gasteiger partial charge in [-0.15, -0.1) is 0 Å². The number of carbonyl (C=O) groups excluding carboxylic acids is 1. The molecule has 0 unspecified atom stereocenters. The minimum absolute atomic E-state index is 0.1000. The van der Waals surface area contributed by atoms with Crippen LogP contribution in [0.3, 0.4) is 0 Å². The first-order valence-electron chi connectivity index (χ1n) is 10.4. The van der Waals surface area contributed by atoms with Gasteiger partial charge in [-0.2, -0.15) is 5.10 Å². The molecule has 0 bridgehead atoms. The molecule has 8 nitrogen and oxygen atoms in total. The summed E-state index contributed by atoms with van der Waals surface area (Å²) >= 11 is 1.27. The van der Waals surface area contributed by atoms with Crippen molar-refractivity contribution in [1.29, 1.82) is 0 Å². The number of aryl methyl sites for hydroxylation is 2. The summed E-state index contributed by atoms with van der Waals surface area (Å²) in [5.74, 6) is -0.413. The van der Waals surface area contributed by atoms with Crippen LogP contribution in [0.1, 0.15) is 43.6 Å². The van der Waals surface area contributed by atoms with E-state index in [9.17, 15) is 14.7 Å². The number of esters is 1. The molecule has 166 valence electrons. The number of aromatic nitrogens is 3. The summed E-state index contributed by atoms with van der Waals surface area (Å²) in [6.45, 7) is 8.32. The largest absolute Gasteiger partial charge is 0.508 e. The van der Waals surface area contributed by atoms with Crippen molar-refractivity contribution in [2.45, 2.75) is 40.3 Å². The zero-order valence-corrected chi connectivity index (χ0v) is 19.1. The smallest absolute Gasteiger partial charge is 0.338 e. The Hall–Kier alpha value is -3.46. The number of benzene rings is 1. The lowest BCUT2D eigenvalue weighted by Gasteiger charge is -2.24. The van der Waals surface area contributed by atoms with E-state index in [1.54, 1.807) is 26.0 Å². The average Bonchev–Trinajstić information content (AvgIpc) is 3.27. The van der Waals surface area contributed by atoms with Crippen molar-refractivity contribution in [3.05, 3.63) is 78.2 Å². The van der Waals surface area contributed by atoms with E-state index in [2.05, 4.69) is 10.1 Å². The minimum Gasteiger partial charge on any atom is -0.508 e. The number of nitrogens with zero attached hydrogens (tertiary/aromatic N) is 4. The van der Waals surface area contributed by atoms with Crippen molar-refractivity contribution < 1.29 is 14.6 Å². The van der Waals surface area contributed by atoms with Crippen LogP contribution in [-0.2, 0) is 16.1 Å². The van der Waals surface area contributed by atoms with Gasteiger partial charge in [0.2, 0.25) is 0 Å². The highest BCUT2D eigenvalue weighted by Crippen LogP contribution is 2.31. The van der Waals surface area contributed by atoms with E-state index in [4.69, 9.17) is 4.74 Å². The highest BCUT2D eigenvalue weighted by atomic mass is 32.1. The zero-order valence-electron chi connectivity index (χ0n) is 18.3. The van der Waals surface area contributed by atoms with Crippen LogP contribution < -0.4 is 14.9 Å². The van der Waals surface area contributed by atoms with Gasteiger partial charge in [0.25, 0.3) is 5.56 Å². The molecule has 0 saturated carbocycles. The molecule has 1 atom stereocenters. The molecule has 9 heteroatoms. The Balaban J connectivity index is 1.95. The summed E-state index contributed by atoms with van der Waals surface area (Å²) in [6.07, 6.45) is 3.72. The van der Waals surface area contributed by atoms with Crippen LogP contribution in [0.4, 0.5) is 0 Å². The van der Waals surface area contributed by atoms with Gasteiger partial charge < -0.3 is 9.84 Å². The Morgan fingerprint density at radius 1 is 1.25 bits per heavy atom. The Morgan fingerprint density at radius 3 is 2.59 bits per heavy atom. The summed E-state index contributed by atoms with van der Waals surface area (Å²) in [7, 11) is 0. The number of hydrogen-bond donors (Lipinski definition) is 1. The number of rotatable bonds is 5. The van der Waals surface area contributed by atoms with Crippen molar-refractivity contribution in [2.75, 3.05) is 6.61 Å². The second-order valence-corrected chi connectivity index (χ2v) is 8.43. The van der Waals surface area contributed by atoms with Gasteiger partial charge in [0, 0.05) is 18.3 Å². The number of phenolic OH excluding ortho intramolecular Hbond substituents is 1. The molecule has 3 aromatic rings. The Kier molecular flexibility index (Phi) is 5.84. The molecule has 0 spiro atoms. The summed E-state index contributed by atoms with van der Waals surface area (Å²) in [5.41, 5.74) is 2.94. The average molecular weight is 453 g/mol. The first-order chi connectivity index (χ1) is 15.3. The normalized spacial score (nSPS) is 16.1. The van der Waals surface area contributed by atoms with Gasteiger partial charge in [0.1, 0.15) is 5.75 Å². The van der Waals surface area contributed by atoms with Crippen molar-refractivity contribution in [2.24, 2.45) is 4.99 Å². The van der Waals surface area contributed by atoms with Gasteiger partial charge in [-0.1, -0.05) is 23.5 Å². The maximum absolute atomic E-state index is 13.5. The molecular formula is C23H24N4O4S. The number of hydrogen-bond acceptors (Lipinski definition) is 7. The summed E-state index contributed by atoms with van der Waals surface area (Å²) in [4.78, 5) is 31.4. The second kappa shape index (κ2) is 8.58. The standard InChI is InChI=1S/C23H24N4O4S/c1-5-26-12-16(13(3)25-26)11-18-21(29)27-20(15-7-9-17(28)10-8-15)19(22(30)31-6-2)14(4)24-23(27)32-18/h7-12,20,28H,5-6H2,1-4H3/b18-11+/t20-/m0/s1. The third-order valence-electron chi connectivity index (χ3n) is 5.32. The summed E-state index contributed by atoms with van der Waals surface area (Å²) in [5, 5.41) is 14.2. The predicted octanol–water partition coefficient (Wildman–Crippen LogP) is 2.03. The molecule has 0 saturated heterocycles. The van der Waals surface area contributed by atoms with Crippen molar-refractivity contribution >= 4 is 23.4 Å². The van der Waals surface area contributed by atoms with Crippen LogP contribution in [0, 0.1) is 6.92 Å². The van der Waals surface area contributed by atoms with E-state index in [0.717, 1.165) is 17.8 Å². The Labute approximate surface area is 188 Å². The predicted molar refractivity (Wildman–Crippen MR) is 121 cm³/mol. The fourth-order valence-corrected chi connectivity index (χ4v) is 4.78. The zero-order chi connectivity index (χ0) is 23.0. The number of ether oxygens (including phenoxy) is 1. The fourth-order valence-electron chi connectivity index (χ4n) is 3.74. The SMILES string of the molecule is CCOC(=O)C1=C(C)N=c2s/c(=C/c3cn(CC)nc3C)c(=O)n2[C@H]1c1ccc(O)cc1. The van der Waals surface area contributed by atoms with Crippen LogP contribution >= 0.6 is 11.3 Å². The third-order valence-corrected chi connectivity index (χ3v) is 6.30. The molecule has 0 aliphatic carbocycles. The monoisotopic (exact) mass is 452 g/mol. The van der Waals surface area contributed by atoms with Crippen molar-refractivity contribution in [3.63, 3.8) is 0 Å². The maximum atomic E-state index is 13.5. The van der Waals surface area contributed by atoms with E-state index in [0.29, 0.717) is 26.2 Å². The van der Waals surface area contributed by atoms with E-state index < -0.39 is 12.0 Å². The molecule has 1 N–H and O–H groups in total. The molecule has 1 aliphatic heterocycles. The van der Waals surface area contributed by atoms with Crippen LogP contribution in [0.25, 0.3) is 6.08 Å². The summed E-state index contributed by atoms with van der Waals surface area (Å²) < 4.78 is 9.13. The lowest BCUT2D eigenvalue weighted by atomic mass is 9.96. The van der Waals surface area contributed by atoms with Crippen molar-refractivity contribution in [3.8, 4) is 5.75 Å². The van der Waals surface area contributed by atoms with Crippen LogP contribution in [0.2, 0.25) is 0 Å². The molecule has 0 radical (unpaired) electrons. The van der Waals surface area contributed by atoms with Gasteiger partial charge in [0.05, 0.1) is 34.1 Å². The summed E-state index contributed by atoms with van der Waals surface area (Å²) in [6, 6.07) is 5.76. The molecule has 0 fully saturated rings. The molecule has 0 amide bonds. The number of aromatic hydroxyl groups is 1. The lowest BCUT2D eigenvalue weighted by molar-refractivity contribution is -0.139. The number of thiazole rings is 1. The van der Waals surface area contributed by atoms with Crippen LogP contribution in [0.15, 0.2) is 51.5 Å². The van der Waals surface area contributed by atoms with Gasteiger partial charge in [-0.25, -0.2) is 9.79 Å².